The normalized spacial score (nSPS) is 18.1. The van der Waals surface area contributed by atoms with Gasteiger partial charge in [0.05, 0.1) is 5.54 Å². The van der Waals surface area contributed by atoms with Crippen LogP contribution in [0, 0.1) is 5.92 Å². The SMILES string of the molecule is CCCC(CCNC(=O)C1(N)CC1)CCC(=O)O. The molecule has 5 nitrogen and oxygen atoms in total. The second kappa shape index (κ2) is 6.73. The monoisotopic (exact) mass is 256 g/mol. The number of nitrogens with two attached hydrogens (primary N) is 1. The van der Waals surface area contributed by atoms with Gasteiger partial charge in [-0.2, -0.15) is 0 Å². The van der Waals surface area contributed by atoms with Crippen LogP contribution in [-0.2, 0) is 9.59 Å². The Morgan fingerprint density at radius 1 is 1.33 bits per heavy atom. The first-order chi connectivity index (χ1) is 8.48. The van der Waals surface area contributed by atoms with Gasteiger partial charge in [-0.15, -0.1) is 0 Å². The lowest BCUT2D eigenvalue weighted by atomic mass is 9.94. The molecule has 18 heavy (non-hydrogen) atoms. The van der Waals surface area contributed by atoms with Gasteiger partial charge in [0.25, 0.3) is 0 Å². The van der Waals surface area contributed by atoms with E-state index in [9.17, 15) is 9.59 Å². The second-order valence-corrected chi connectivity index (χ2v) is 5.29. The maximum absolute atomic E-state index is 11.6. The Morgan fingerprint density at radius 2 is 2.00 bits per heavy atom. The molecule has 1 aliphatic carbocycles. The molecule has 1 atom stereocenters. The summed E-state index contributed by atoms with van der Waals surface area (Å²) in [5, 5.41) is 11.5. The van der Waals surface area contributed by atoms with Crippen molar-refractivity contribution in [1.29, 1.82) is 0 Å². The molecule has 0 aromatic heterocycles. The largest absolute Gasteiger partial charge is 0.481 e. The van der Waals surface area contributed by atoms with Crippen molar-refractivity contribution in [3.05, 3.63) is 0 Å². The van der Waals surface area contributed by atoms with E-state index < -0.39 is 11.5 Å². The van der Waals surface area contributed by atoms with Gasteiger partial charge in [-0.25, -0.2) is 0 Å². The number of carboxylic acid groups (broad SMARTS) is 1. The standard InChI is InChI=1S/C13H24N2O3/c1-2-3-10(4-5-11(16)17)6-9-15-12(18)13(14)7-8-13/h10H,2-9,14H2,1H3,(H,15,18)(H,16,17). The van der Waals surface area contributed by atoms with E-state index in [4.69, 9.17) is 10.8 Å². The molecule has 0 spiro atoms. The molecule has 0 radical (unpaired) electrons. The first kappa shape index (κ1) is 15.0. The van der Waals surface area contributed by atoms with E-state index in [1.54, 1.807) is 0 Å². The summed E-state index contributed by atoms with van der Waals surface area (Å²) in [6, 6.07) is 0. The van der Waals surface area contributed by atoms with Crippen LogP contribution >= 0.6 is 0 Å². The van der Waals surface area contributed by atoms with Gasteiger partial charge in [0.15, 0.2) is 0 Å². The average Bonchev–Trinajstić information content (AvgIpc) is 3.05. The van der Waals surface area contributed by atoms with Crippen LogP contribution in [0.25, 0.3) is 0 Å². The maximum atomic E-state index is 11.6. The van der Waals surface area contributed by atoms with Crippen molar-refractivity contribution in [2.24, 2.45) is 11.7 Å². The fourth-order valence-corrected chi connectivity index (χ4v) is 2.10. The number of aliphatic carboxylic acids is 1. The highest BCUT2D eigenvalue weighted by Gasteiger charge is 2.45. The van der Waals surface area contributed by atoms with E-state index in [2.05, 4.69) is 12.2 Å². The zero-order chi connectivity index (χ0) is 13.6. The molecule has 0 bridgehead atoms. The Bertz CT molecular complexity index is 301. The Balaban J connectivity index is 2.20. The van der Waals surface area contributed by atoms with Crippen LogP contribution < -0.4 is 11.1 Å². The van der Waals surface area contributed by atoms with Crippen LogP contribution in [0.1, 0.15) is 51.9 Å². The first-order valence-corrected chi connectivity index (χ1v) is 6.77. The number of hydrogen-bond donors (Lipinski definition) is 3. The summed E-state index contributed by atoms with van der Waals surface area (Å²) >= 11 is 0. The molecule has 0 aromatic rings. The number of rotatable bonds is 9. The third-order valence-corrected chi connectivity index (χ3v) is 3.54. The first-order valence-electron chi connectivity index (χ1n) is 6.77. The lowest BCUT2D eigenvalue weighted by Crippen LogP contribution is -2.43. The molecule has 4 N–H and O–H groups in total. The van der Waals surface area contributed by atoms with Crippen molar-refractivity contribution in [3.63, 3.8) is 0 Å². The number of amides is 1. The number of hydrogen-bond acceptors (Lipinski definition) is 3. The summed E-state index contributed by atoms with van der Waals surface area (Å²) in [5.74, 6) is -0.436. The van der Waals surface area contributed by atoms with Crippen LogP contribution in [-0.4, -0.2) is 29.1 Å². The highest BCUT2D eigenvalue weighted by atomic mass is 16.4. The zero-order valence-corrected chi connectivity index (χ0v) is 11.1. The van der Waals surface area contributed by atoms with Gasteiger partial charge >= 0.3 is 5.97 Å². The van der Waals surface area contributed by atoms with E-state index in [0.29, 0.717) is 18.9 Å². The number of nitrogens with one attached hydrogen (secondary N) is 1. The van der Waals surface area contributed by atoms with E-state index in [-0.39, 0.29) is 12.3 Å². The van der Waals surface area contributed by atoms with Crippen molar-refractivity contribution in [2.45, 2.75) is 57.4 Å². The molecule has 5 heteroatoms. The van der Waals surface area contributed by atoms with Gasteiger partial charge in [-0.3, -0.25) is 9.59 Å². The predicted molar refractivity (Wildman–Crippen MR) is 69.0 cm³/mol. The molecule has 104 valence electrons. The molecular formula is C13H24N2O3. The summed E-state index contributed by atoms with van der Waals surface area (Å²) in [4.78, 5) is 22.1. The van der Waals surface area contributed by atoms with Gasteiger partial charge in [0.2, 0.25) is 5.91 Å². The average molecular weight is 256 g/mol. The van der Waals surface area contributed by atoms with Crippen LogP contribution in [0.4, 0.5) is 0 Å². The molecule has 1 unspecified atom stereocenters. The zero-order valence-electron chi connectivity index (χ0n) is 11.1. The molecule has 0 heterocycles. The molecule has 0 aliphatic heterocycles. The number of carboxylic acids is 1. The van der Waals surface area contributed by atoms with Crippen LogP contribution in [0.5, 0.6) is 0 Å². The van der Waals surface area contributed by atoms with Crippen molar-refractivity contribution in [2.75, 3.05) is 6.54 Å². The maximum Gasteiger partial charge on any atom is 0.303 e. The van der Waals surface area contributed by atoms with E-state index in [1.807, 2.05) is 0 Å². The third-order valence-electron chi connectivity index (χ3n) is 3.54. The lowest BCUT2D eigenvalue weighted by Gasteiger charge is -2.16. The highest BCUT2D eigenvalue weighted by molar-refractivity contribution is 5.88. The molecule has 1 saturated carbocycles. The molecule has 1 amide bonds. The minimum absolute atomic E-state index is 0.0593. The minimum atomic E-state index is -0.751. The van der Waals surface area contributed by atoms with Crippen molar-refractivity contribution in [1.82, 2.24) is 5.32 Å². The molecule has 1 rings (SSSR count). The molecule has 0 saturated heterocycles. The van der Waals surface area contributed by atoms with Crippen molar-refractivity contribution in [3.8, 4) is 0 Å². The van der Waals surface area contributed by atoms with Gasteiger partial charge < -0.3 is 16.2 Å². The van der Waals surface area contributed by atoms with Crippen LogP contribution in [0.2, 0.25) is 0 Å². The van der Waals surface area contributed by atoms with Crippen LogP contribution in [0.15, 0.2) is 0 Å². The quantitative estimate of drug-likeness (QED) is 0.579. The summed E-state index contributed by atoms with van der Waals surface area (Å²) in [6.45, 7) is 2.69. The summed E-state index contributed by atoms with van der Waals surface area (Å²) in [7, 11) is 0. The number of carbonyl (C=O) groups is 2. The fraction of sp³-hybridized carbons (Fsp3) is 0.846. The Kier molecular flexibility index (Phi) is 5.59. The Morgan fingerprint density at radius 3 is 2.50 bits per heavy atom. The fourth-order valence-electron chi connectivity index (χ4n) is 2.10. The van der Waals surface area contributed by atoms with Crippen LogP contribution in [0.3, 0.4) is 0 Å². The topological polar surface area (TPSA) is 92.4 Å². The van der Waals surface area contributed by atoms with E-state index in [1.165, 1.54) is 0 Å². The highest BCUT2D eigenvalue weighted by Crippen LogP contribution is 2.32. The number of carbonyl (C=O) groups excluding carboxylic acids is 1. The second-order valence-electron chi connectivity index (χ2n) is 5.29. The minimum Gasteiger partial charge on any atom is -0.481 e. The van der Waals surface area contributed by atoms with Gasteiger partial charge in [-0.1, -0.05) is 19.8 Å². The van der Waals surface area contributed by atoms with E-state index in [0.717, 1.165) is 32.1 Å². The Hall–Kier alpha value is -1.10. The summed E-state index contributed by atoms with van der Waals surface area (Å²) in [5.41, 5.74) is 5.16. The van der Waals surface area contributed by atoms with Gasteiger partial charge in [0.1, 0.15) is 0 Å². The van der Waals surface area contributed by atoms with Gasteiger partial charge in [-0.05, 0) is 31.6 Å². The lowest BCUT2D eigenvalue weighted by molar-refractivity contribution is -0.137. The van der Waals surface area contributed by atoms with Gasteiger partial charge in [0, 0.05) is 13.0 Å². The molecule has 0 aromatic carbocycles. The Labute approximate surface area is 108 Å². The summed E-state index contributed by atoms with van der Waals surface area (Å²) in [6.07, 6.45) is 5.33. The molecule has 1 aliphatic rings. The third kappa shape index (κ3) is 5.04. The summed E-state index contributed by atoms with van der Waals surface area (Å²) < 4.78 is 0. The smallest absolute Gasteiger partial charge is 0.303 e. The molecular weight excluding hydrogens is 232 g/mol. The van der Waals surface area contributed by atoms with Crippen molar-refractivity contribution < 1.29 is 14.7 Å². The molecule has 1 fully saturated rings. The van der Waals surface area contributed by atoms with E-state index >= 15 is 0 Å². The van der Waals surface area contributed by atoms with Crippen molar-refractivity contribution >= 4 is 11.9 Å². The predicted octanol–water partition coefficient (Wildman–Crippen LogP) is 1.27.